The highest BCUT2D eigenvalue weighted by Gasteiger charge is 2.38. The second-order valence-electron chi connectivity index (χ2n) is 5.38. The molecule has 2 aromatic rings. The molecule has 0 radical (unpaired) electrons. The Balaban J connectivity index is 1.75. The van der Waals surface area contributed by atoms with Gasteiger partial charge in [-0.05, 0) is 48.6 Å². The Morgan fingerprint density at radius 3 is 2.56 bits per heavy atom. The predicted molar refractivity (Wildman–Crippen MR) is 103 cm³/mol. The summed E-state index contributed by atoms with van der Waals surface area (Å²) in [5.41, 5.74) is 3.05. The molecular formula is C17H12ClN5O3S. The van der Waals surface area contributed by atoms with Crippen LogP contribution in [0.3, 0.4) is 0 Å². The summed E-state index contributed by atoms with van der Waals surface area (Å²) in [5, 5.41) is 6.62. The first-order chi connectivity index (χ1) is 13.0. The van der Waals surface area contributed by atoms with Gasteiger partial charge in [-0.25, -0.2) is 5.43 Å². The van der Waals surface area contributed by atoms with Crippen LogP contribution in [0.1, 0.15) is 10.4 Å². The fourth-order valence-electron chi connectivity index (χ4n) is 2.29. The van der Waals surface area contributed by atoms with Gasteiger partial charge < -0.3 is 5.32 Å². The summed E-state index contributed by atoms with van der Waals surface area (Å²) in [6.07, 6.45) is 3.98. The Bertz CT molecular complexity index is 933. The van der Waals surface area contributed by atoms with Crippen molar-refractivity contribution in [1.29, 1.82) is 0 Å². The summed E-state index contributed by atoms with van der Waals surface area (Å²) in [6, 6.07) is 9.41. The molecule has 0 bridgehead atoms. The molecule has 1 saturated heterocycles. The van der Waals surface area contributed by atoms with Gasteiger partial charge in [0.2, 0.25) is 5.91 Å². The molecule has 2 N–H and O–H groups in total. The summed E-state index contributed by atoms with van der Waals surface area (Å²) in [7, 11) is 0. The SMILES string of the molecule is O=C(N/N=C\[C@@H]1C(=O)NC(=S)N(c2ccc(Cl)cc2)C1=O)c1ccncc1. The van der Waals surface area contributed by atoms with E-state index in [2.05, 4.69) is 20.8 Å². The number of halogens is 1. The van der Waals surface area contributed by atoms with Crippen LogP contribution >= 0.6 is 23.8 Å². The lowest BCUT2D eigenvalue weighted by Crippen LogP contribution is -2.58. The van der Waals surface area contributed by atoms with E-state index < -0.39 is 23.6 Å². The average molecular weight is 402 g/mol. The minimum Gasteiger partial charge on any atom is -0.301 e. The molecule has 10 heteroatoms. The van der Waals surface area contributed by atoms with Gasteiger partial charge in [-0.3, -0.25) is 24.3 Å². The number of pyridine rings is 1. The third-order valence-corrected chi connectivity index (χ3v) is 4.16. The topological polar surface area (TPSA) is 104 Å². The maximum atomic E-state index is 12.7. The van der Waals surface area contributed by atoms with Gasteiger partial charge in [0.25, 0.3) is 11.8 Å². The van der Waals surface area contributed by atoms with E-state index in [1.807, 2.05) is 0 Å². The third-order valence-electron chi connectivity index (χ3n) is 3.62. The van der Waals surface area contributed by atoms with Crippen molar-refractivity contribution in [3.8, 4) is 0 Å². The quantitative estimate of drug-likeness (QED) is 0.350. The molecule has 1 aliphatic heterocycles. The molecular weight excluding hydrogens is 390 g/mol. The first kappa shape index (κ1) is 18.6. The number of aromatic nitrogens is 1. The molecule has 3 rings (SSSR count). The van der Waals surface area contributed by atoms with E-state index in [0.29, 0.717) is 16.3 Å². The first-order valence-electron chi connectivity index (χ1n) is 7.65. The van der Waals surface area contributed by atoms with E-state index in [-0.39, 0.29) is 5.11 Å². The monoisotopic (exact) mass is 401 g/mol. The molecule has 1 aromatic carbocycles. The van der Waals surface area contributed by atoms with Gasteiger partial charge in [0.1, 0.15) is 0 Å². The van der Waals surface area contributed by atoms with E-state index in [1.165, 1.54) is 29.4 Å². The van der Waals surface area contributed by atoms with Crippen molar-refractivity contribution >= 4 is 58.6 Å². The second-order valence-corrected chi connectivity index (χ2v) is 6.20. The largest absolute Gasteiger partial charge is 0.301 e. The Morgan fingerprint density at radius 1 is 1.22 bits per heavy atom. The Kier molecular flexibility index (Phi) is 5.53. The lowest BCUT2D eigenvalue weighted by Gasteiger charge is -2.30. The zero-order chi connectivity index (χ0) is 19.4. The van der Waals surface area contributed by atoms with Crippen LogP contribution in [-0.4, -0.2) is 34.0 Å². The number of carbonyl (C=O) groups is 3. The lowest BCUT2D eigenvalue weighted by molar-refractivity contribution is -0.130. The molecule has 1 aliphatic rings. The first-order valence-corrected chi connectivity index (χ1v) is 8.44. The zero-order valence-electron chi connectivity index (χ0n) is 13.6. The number of nitrogens with one attached hydrogen (secondary N) is 2. The van der Waals surface area contributed by atoms with Crippen LogP contribution in [0, 0.1) is 5.92 Å². The molecule has 0 unspecified atom stereocenters. The predicted octanol–water partition coefficient (Wildman–Crippen LogP) is 1.51. The highest BCUT2D eigenvalue weighted by Crippen LogP contribution is 2.22. The highest BCUT2D eigenvalue weighted by atomic mass is 35.5. The zero-order valence-corrected chi connectivity index (χ0v) is 15.2. The summed E-state index contributed by atoms with van der Waals surface area (Å²) in [5.74, 6) is -2.96. The van der Waals surface area contributed by atoms with Crippen molar-refractivity contribution in [2.24, 2.45) is 11.0 Å². The standard InChI is InChI=1S/C17H12ClN5O3S/c18-11-1-3-12(4-2-11)23-16(26)13(15(25)21-17(23)27)9-20-22-14(24)10-5-7-19-8-6-10/h1-9,13H,(H,22,24)(H,21,25,27)/b20-9-/t13-/m1/s1. The number of benzene rings is 1. The highest BCUT2D eigenvalue weighted by molar-refractivity contribution is 7.80. The summed E-state index contributed by atoms with van der Waals surface area (Å²) >= 11 is 10.9. The number of hydrogen-bond donors (Lipinski definition) is 2. The molecule has 0 aliphatic carbocycles. The van der Waals surface area contributed by atoms with Crippen LogP contribution in [0.4, 0.5) is 5.69 Å². The minimum absolute atomic E-state index is 0.0437. The van der Waals surface area contributed by atoms with Crippen molar-refractivity contribution in [2.75, 3.05) is 4.90 Å². The molecule has 0 saturated carbocycles. The van der Waals surface area contributed by atoms with Gasteiger partial charge >= 0.3 is 0 Å². The summed E-state index contributed by atoms with van der Waals surface area (Å²) < 4.78 is 0. The molecule has 2 heterocycles. The minimum atomic E-state index is -1.25. The van der Waals surface area contributed by atoms with Crippen molar-refractivity contribution in [2.45, 2.75) is 0 Å². The van der Waals surface area contributed by atoms with Gasteiger partial charge in [0.15, 0.2) is 11.0 Å². The summed E-state index contributed by atoms with van der Waals surface area (Å²) in [4.78, 5) is 41.7. The molecule has 27 heavy (non-hydrogen) atoms. The van der Waals surface area contributed by atoms with E-state index in [9.17, 15) is 14.4 Å². The molecule has 8 nitrogen and oxygen atoms in total. The fourth-order valence-corrected chi connectivity index (χ4v) is 2.72. The number of nitrogens with zero attached hydrogens (tertiary/aromatic N) is 3. The smallest absolute Gasteiger partial charge is 0.271 e. The number of hydrogen-bond acceptors (Lipinski definition) is 6. The normalized spacial score (nSPS) is 17.1. The van der Waals surface area contributed by atoms with Crippen LogP contribution in [0.25, 0.3) is 0 Å². The van der Waals surface area contributed by atoms with Crippen LogP contribution < -0.4 is 15.6 Å². The van der Waals surface area contributed by atoms with Gasteiger partial charge in [0.05, 0.1) is 5.69 Å². The van der Waals surface area contributed by atoms with Crippen molar-refractivity contribution in [3.05, 3.63) is 59.4 Å². The van der Waals surface area contributed by atoms with Crippen molar-refractivity contribution < 1.29 is 14.4 Å². The Labute approximate surface area is 164 Å². The molecule has 136 valence electrons. The maximum absolute atomic E-state index is 12.7. The number of carbonyl (C=O) groups excluding carboxylic acids is 3. The van der Waals surface area contributed by atoms with Gasteiger partial charge in [-0.1, -0.05) is 11.6 Å². The van der Waals surface area contributed by atoms with E-state index >= 15 is 0 Å². The second kappa shape index (κ2) is 8.02. The van der Waals surface area contributed by atoms with E-state index in [0.717, 1.165) is 6.21 Å². The molecule has 1 fully saturated rings. The number of rotatable bonds is 4. The van der Waals surface area contributed by atoms with Crippen LogP contribution in [0.5, 0.6) is 0 Å². The van der Waals surface area contributed by atoms with Crippen molar-refractivity contribution in [1.82, 2.24) is 15.7 Å². The van der Waals surface area contributed by atoms with E-state index in [4.69, 9.17) is 23.8 Å². The van der Waals surface area contributed by atoms with Crippen LogP contribution in [0.2, 0.25) is 5.02 Å². The van der Waals surface area contributed by atoms with E-state index in [1.54, 1.807) is 24.3 Å². The average Bonchev–Trinajstić information content (AvgIpc) is 2.66. The van der Waals surface area contributed by atoms with Crippen LogP contribution in [0.15, 0.2) is 53.9 Å². The van der Waals surface area contributed by atoms with Crippen molar-refractivity contribution in [3.63, 3.8) is 0 Å². The third kappa shape index (κ3) is 4.15. The molecule has 0 spiro atoms. The molecule has 1 atom stereocenters. The maximum Gasteiger partial charge on any atom is 0.271 e. The number of anilines is 1. The van der Waals surface area contributed by atoms with Gasteiger partial charge in [-0.2, -0.15) is 5.10 Å². The Morgan fingerprint density at radius 2 is 1.89 bits per heavy atom. The van der Waals surface area contributed by atoms with Gasteiger partial charge in [0, 0.05) is 29.2 Å². The van der Waals surface area contributed by atoms with Gasteiger partial charge in [-0.15, -0.1) is 0 Å². The summed E-state index contributed by atoms with van der Waals surface area (Å²) in [6.45, 7) is 0. The molecule has 1 aromatic heterocycles. The number of hydrazone groups is 1. The fraction of sp³-hybridized carbons (Fsp3) is 0.0588. The molecule has 3 amide bonds. The Hall–Kier alpha value is -3.17. The number of thiocarbonyl (C=S) groups is 1. The number of amides is 3. The lowest BCUT2D eigenvalue weighted by atomic mass is 10.1. The van der Waals surface area contributed by atoms with Crippen LogP contribution in [-0.2, 0) is 9.59 Å².